The Morgan fingerprint density at radius 3 is 2.67 bits per heavy atom. The maximum atomic E-state index is 4.62. The number of hydrazone groups is 1. The van der Waals surface area contributed by atoms with Gasteiger partial charge in [-0.1, -0.05) is 30.3 Å². The summed E-state index contributed by atoms with van der Waals surface area (Å²) in [4.78, 5) is 6.97. The van der Waals surface area contributed by atoms with E-state index in [2.05, 4.69) is 52.9 Å². The quantitative estimate of drug-likeness (QED) is 0.547. The average Bonchev–Trinajstić information content (AvgIpc) is 3.06. The van der Waals surface area contributed by atoms with Crippen LogP contribution in [0.5, 0.6) is 0 Å². The summed E-state index contributed by atoms with van der Waals surface area (Å²) in [6.45, 7) is 4.16. The number of rotatable bonds is 4. The van der Waals surface area contributed by atoms with Gasteiger partial charge < -0.3 is 0 Å². The Balaban J connectivity index is 1.76. The molecule has 5 heteroatoms. The van der Waals surface area contributed by atoms with E-state index in [9.17, 15) is 0 Å². The highest BCUT2D eigenvalue weighted by Gasteiger charge is 2.08. The lowest BCUT2D eigenvalue weighted by Gasteiger charge is -1.96. The molecule has 0 amide bonds. The molecule has 0 aliphatic heterocycles. The number of hydrogen-bond donors (Lipinski definition) is 1. The Morgan fingerprint density at radius 2 is 1.95 bits per heavy atom. The fourth-order valence-electron chi connectivity index (χ4n) is 1.97. The number of aromatic nitrogens is 1. The second-order valence-electron chi connectivity index (χ2n) is 4.63. The third-order valence-electron chi connectivity index (χ3n) is 3.09. The molecule has 0 aliphatic rings. The molecule has 106 valence electrons. The van der Waals surface area contributed by atoms with Gasteiger partial charge in [0.25, 0.3) is 0 Å². The topological polar surface area (TPSA) is 37.3 Å². The monoisotopic (exact) mass is 313 g/mol. The molecular weight excluding hydrogens is 298 g/mol. The van der Waals surface area contributed by atoms with Crippen LogP contribution in [0.25, 0.3) is 11.3 Å². The fraction of sp³-hybridized carbons (Fsp3) is 0.125. The van der Waals surface area contributed by atoms with Crippen LogP contribution in [-0.4, -0.2) is 11.2 Å². The summed E-state index contributed by atoms with van der Waals surface area (Å²) in [5.41, 5.74) is 6.42. The van der Waals surface area contributed by atoms with E-state index in [1.165, 1.54) is 15.3 Å². The van der Waals surface area contributed by atoms with Gasteiger partial charge in [-0.05, 0) is 30.9 Å². The number of hydrogen-bond acceptors (Lipinski definition) is 5. The van der Waals surface area contributed by atoms with Crippen LogP contribution in [0.4, 0.5) is 5.13 Å². The van der Waals surface area contributed by atoms with E-state index in [4.69, 9.17) is 0 Å². The molecule has 0 saturated carbocycles. The average molecular weight is 313 g/mol. The van der Waals surface area contributed by atoms with Crippen LogP contribution in [0.2, 0.25) is 0 Å². The highest BCUT2D eigenvalue weighted by Crippen LogP contribution is 2.30. The van der Waals surface area contributed by atoms with Crippen LogP contribution in [0.1, 0.15) is 15.3 Å². The van der Waals surface area contributed by atoms with Crippen LogP contribution in [0.15, 0.2) is 46.9 Å². The minimum atomic E-state index is 0.816. The van der Waals surface area contributed by atoms with E-state index in [0.717, 1.165) is 16.4 Å². The fourth-order valence-corrected chi connectivity index (χ4v) is 3.54. The van der Waals surface area contributed by atoms with Gasteiger partial charge in [-0.25, -0.2) is 4.98 Å². The molecule has 0 fully saturated rings. The lowest BCUT2D eigenvalue weighted by Crippen LogP contribution is -1.89. The Hall–Kier alpha value is -1.98. The number of nitrogens with one attached hydrogen (secondary N) is 1. The van der Waals surface area contributed by atoms with Crippen LogP contribution >= 0.6 is 22.7 Å². The number of anilines is 1. The van der Waals surface area contributed by atoms with E-state index < -0.39 is 0 Å². The van der Waals surface area contributed by atoms with E-state index in [1.807, 2.05) is 24.4 Å². The molecule has 0 aliphatic carbocycles. The van der Waals surface area contributed by atoms with Crippen LogP contribution in [0, 0.1) is 13.8 Å². The lowest BCUT2D eigenvalue weighted by molar-refractivity contribution is 1.28. The number of nitrogens with zero attached hydrogens (tertiary/aromatic N) is 2. The molecular formula is C16H15N3S2. The van der Waals surface area contributed by atoms with Crippen molar-refractivity contribution in [1.29, 1.82) is 0 Å². The van der Waals surface area contributed by atoms with Gasteiger partial charge in [-0.15, -0.1) is 22.7 Å². The molecule has 0 bridgehead atoms. The molecule has 0 radical (unpaired) electrons. The van der Waals surface area contributed by atoms with Gasteiger partial charge in [0, 0.05) is 15.3 Å². The van der Waals surface area contributed by atoms with E-state index in [1.54, 1.807) is 22.7 Å². The molecule has 2 heterocycles. The first-order chi connectivity index (χ1) is 10.2. The van der Waals surface area contributed by atoms with Crippen molar-refractivity contribution < 1.29 is 0 Å². The molecule has 3 aromatic rings. The first-order valence-corrected chi connectivity index (χ1v) is 8.29. The molecule has 0 atom stereocenters. The smallest absolute Gasteiger partial charge is 0.204 e. The minimum absolute atomic E-state index is 0.816. The highest BCUT2D eigenvalue weighted by atomic mass is 32.1. The summed E-state index contributed by atoms with van der Waals surface area (Å²) in [5, 5.41) is 7.16. The Bertz CT molecular complexity index is 757. The molecule has 0 unspecified atom stereocenters. The molecule has 0 saturated heterocycles. The van der Waals surface area contributed by atoms with Gasteiger partial charge >= 0.3 is 0 Å². The van der Waals surface area contributed by atoms with Gasteiger partial charge in [-0.2, -0.15) is 5.10 Å². The van der Waals surface area contributed by atoms with Crippen molar-refractivity contribution >= 4 is 34.0 Å². The minimum Gasteiger partial charge on any atom is -0.253 e. The van der Waals surface area contributed by atoms with Crippen molar-refractivity contribution in [3.8, 4) is 11.3 Å². The van der Waals surface area contributed by atoms with Gasteiger partial charge in [0.05, 0.1) is 11.9 Å². The number of benzene rings is 1. The maximum absolute atomic E-state index is 4.62. The summed E-state index contributed by atoms with van der Waals surface area (Å²) < 4.78 is 0. The van der Waals surface area contributed by atoms with Gasteiger partial charge in [0.2, 0.25) is 5.13 Å². The van der Waals surface area contributed by atoms with Crippen molar-refractivity contribution in [3.05, 3.63) is 57.1 Å². The van der Waals surface area contributed by atoms with Crippen molar-refractivity contribution in [3.63, 3.8) is 0 Å². The van der Waals surface area contributed by atoms with E-state index in [-0.39, 0.29) is 0 Å². The Labute approximate surface area is 132 Å². The first kappa shape index (κ1) is 14.0. The molecule has 1 aromatic carbocycles. The van der Waals surface area contributed by atoms with Crippen LogP contribution in [-0.2, 0) is 0 Å². The van der Waals surface area contributed by atoms with Crippen molar-refractivity contribution in [2.45, 2.75) is 13.8 Å². The zero-order chi connectivity index (χ0) is 14.7. The summed E-state index contributed by atoms with van der Waals surface area (Å²) in [5.74, 6) is 0. The standard InChI is InChI=1S/C16H15N3S2/c1-11-8-9-20-14(11)10-17-19-16-18-15(12(2)21-16)13-6-4-3-5-7-13/h3-10H,1-2H3,(H,18,19)/b17-10+. The SMILES string of the molecule is Cc1ccsc1/C=N/Nc1nc(-c2ccccc2)c(C)s1. The second-order valence-corrected chi connectivity index (χ2v) is 6.78. The molecule has 21 heavy (non-hydrogen) atoms. The largest absolute Gasteiger partial charge is 0.253 e. The number of thiophene rings is 1. The molecule has 0 spiro atoms. The zero-order valence-corrected chi connectivity index (χ0v) is 13.5. The highest BCUT2D eigenvalue weighted by molar-refractivity contribution is 7.16. The summed E-state index contributed by atoms with van der Waals surface area (Å²) in [6.07, 6.45) is 1.85. The van der Waals surface area contributed by atoms with E-state index in [0.29, 0.717) is 0 Å². The van der Waals surface area contributed by atoms with Crippen molar-refractivity contribution in [2.24, 2.45) is 5.10 Å². The van der Waals surface area contributed by atoms with Gasteiger partial charge in [0.15, 0.2) is 0 Å². The first-order valence-electron chi connectivity index (χ1n) is 6.60. The summed E-state index contributed by atoms with van der Waals surface area (Å²) in [6, 6.07) is 12.3. The number of thiazole rings is 1. The molecule has 1 N–H and O–H groups in total. The number of aryl methyl sites for hydroxylation is 2. The van der Waals surface area contributed by atoms with Crippen LogP contribution in [0.3, 0.4) is 0 Å². The molecule has 3 rings (SSSR count). The Kier molecular flexibility index (Phi) is 4.13. The van der Waals surface area contributed by atoms with Crippen molar-refractivity contribution in [2.75, 3.05) is 5.43 Å². The molecule has 2 aromatic heterocycles. The third-order valence-corrected chi connectivity index (χ3v) is 4.92. The molecule has 3 nitrogen and oxygen atoms in total. The third kappa shape index (κ3) is 3.20. The lowest BCUT2D eigenvalue weighted by atomic mass is 10.1. The van der Waals surface area contributed by atoms with Crippen LogP contribution < -0.4 is 5.43 Å². The second kappa shape index (κ2) is 6.20. The Morgan fingerprint density at radius 1 is 1.14 bits per heavy atom. The van der Waals surface area contributed by atoms with Gasteiger partial charge in [-0.3, -0.25) is 5.43 Å². The zero-order valence-electron chi connectivity index (χ0n) is 11.8. The van der Waals surface area contributed by atoms with E-state index >= 15 is 0 Å². The summed E-state index contributed by atoms with van der Waals surface area (Å²) >= 11 is 3.30. The summed E-state index contributed by atoms with van der Waals surface area (Å²) in [7, 11) is 0. The van der Waals surface area contributed by atoms with Gasteiger partial charge in [0.1, 0.15) is 0 Å². The van der Waals surface area contributed by atoms with Crippen molar-refractivity contribution in [1.82, 2.24) is 4.98 Å². The maximum Gasteiger partial charge on any atom is 0.204 e. The predicted molar refractivity (Wildman–Crippen MR) is 92.6 cm³/mol. The normalized spacial score (nSPS) is 11.1. The predicted octanol–water partition coefficient (Wildman–Crippen LogP) is 4.93.